The minimum atomic E-state index is 0.999. The maximum atomic E-state index is 5.27. The van der Waals surface area contributed by atoms with Gasteiger partial charge in [-0.1, -0.05) is 6.07 Å². The Kier molecular flexibility index (Phi) is 1.64. The molecule has 1 heterocycles. The number of hydrogen-bond acceptors (Lipinski definition) is 1. The van der Waals surface area contributed by atoms with Gasteiger partial charge in [0, 0.05) is 14.3 Å². The Morgan fingerprint density at radius 3 is 3.00 bits per heavy atom. The molecule has 0 aliphatic carbocycles. The average Bonchev–Trinajstić information content (AvgIpc) is 2.33. The lowest BCUT2D eigenvalue weighted by Crippen LogP contribution is -1.70. The topological polar surface area (TPSA) is 13.1 Å². The van der Waals surface area contributed by atoms with Gasteiger partial charge < -0.3 is 4.42 Å². The van der Waals surface area contributed by atoms with Crippen LogP contribution in [0.3, 0.4) is 0 Å². The predicted molar refractivity (Wildman–Crippen MR) is 53.7 cm³/mol. The summed E-state index contributed by atoms with van der Waals surface area (Å²) in [5.74, 6) is 0.999. The summed E-state index contributed by atoms with van der Waals surface area (Å²) in [4.78, 5) is 0. The van der Waals surface area contributed by atoms with E-state index in [9.17, 15) is 0 Å². The number of aryl methyl sites for hydroxylation is 1. The molecule has 0 saturated carbocycles. The van der Waals surface area contributed by atoms with Crippen molar-refractivity contribution in [1.29, 1.82) is 0 Å². The third kappa shape index (κ3) is 1.15. The van der Waals surface area contributed by atoms with E-state index in [4.69, 9.17) is 4.42 Å². The highest BCUT2D eigenvalue weighted by molar-refractivity contribution is 14.1. The van der Waals surface area contributed by atoms with Crippen molar-refractivity contribution in [2.24, 2.45) is 0 Å². The molecule has 56 valence electrons. The van der Waals surface area contributed by atoms with E-state index in [2.05, 4.69) is 40.8 Å². The van der Waals surface area contributed by atoms with E-state index in [-0.39, 0.29) is 0 Å². The standard InChI is InChI=1S/C9H7IO/c1-6-9-4-8(10)3-2-7(9)5-11-6/h2-5H,1H3. The number of benzene rings is 1. The Morgan fingerprint density at radius 1 is 1.36 bits per heavy atom. The van der Waals surface area contributed by atoms with Crippen molar-refractivity contribution >= 4 is 33.4 Å². The smallest absolute Gasteiger partial charge is 0.108 e. The molecule has 0 saturated heterocycles. The first-order valence-corrected chi connectivity index (χ1v) is 4.48. The Bertz CT molecular complexity index is 389. The van der Waals surface area contributed by atoms with Gasteiger partial charge in [0.05, 0.1) is 6.26 Å². The zero-order chi connectivity index (χ0) is 7.84. The molecule has 0 bridgehead atoms. The maximum absolute atomic E-state index is 5.27. The predicted octanol–water partition coefficient (Wildman–Crippen LogP) is 3.35. The summed E-state index contributed by atoms with van der Waals surface area (Å²) in [5.41, 5.74) is 0. The second-order valence-corrected chi connectivity index (χ2v) is 3.77. The number of fused-ring (bicyclic) bond motifs is 1. The first-order chi connectivity index (χ1) is 5.27. The monoisotopic (exact) mass is 258 g/mol. The lowest BCUT2D eigenvalue weighted by Gasteiger charge is -1.89. The molecule has 0 unspecified atom stereocenters. The van der Waals surface area contributed by atoms with Crippen LogP contribution in [0.1, 0.15) is 5.76 Å². The molecule has 0 fully saturated rings. The molecular weight excluding hydrogens is 251 g/mol. The molecule has 1 nitrogen and oxygen atoms in total. The normalized spacial score (nSPS) is 10.7. The minimum absolute atomic E-state index is 0.999. The molecule has 2 aromatic rings. The van der Waals surface area contributed by atoms with Crippen LogP contribution in [-0.2, 0) is 0 Å². The molecule has 11 heavy (non-hydrogen) atoms. The first kappa shape index (κ1) is 7.16. The maximum Gasteiger partial charge on any atom is 0.108 e. The summed E-state index contributed by atoms with van der Waals surface area (Å²) in [6.45, 7) is 1.98. The van der Waals surface area contributed by atoms with Crippen molar-refractivity contribution in [3.8, 4) is 0 Å². The number of furan rings is 1. The minimum Gasteiger partial charge on any atom is -0.468 e. The van der Waals surface area contributed by atoms with Gasteiger partial charge in [0.1, 0.15) is 5.76 Å². The Morgan fingerprint density at radius 2 is 2.18 bits per heavy atom. The molecule has 2 heteroatoms. The summed E-state index contributed by atoms with van der Waals surface area (Å²) in [6.07, 6.45) is 1.79. The van der Waals surface area contributed by atoms with E-state index in [1.54, 1.807) is 6.26 Å². The molecule has 1 aromatic carbocycles. The third-order valence-corrected chi connectivity index (χ3v) is 2.43. The third-order valence-electron chi connectivity index (χ3n) is 1.76. The Balaban J connectivity index is 2.87. The van der Waals surface area contributed by atoms with Crippen LogP contribution in [0, 0.1) is 10.5 Å². The number of halogens is 1. The van der Waals surface area contributed by atoms with Crippen molar-refractivity contribution in [3.63, 3.8) is 0 Å². The lowest BCUT2D eigenvalue weighted by molar-refractivity contribution is 0.540. The van der Waals surface area contributed by atoms with E-state index in [0.717, 1.165) is 5.76 Å². The van der Waals surface area contributed by atoms with Gasteiger partial charge in [0.15, 0.2) is 0 Å². The fourth-order valence-electron chi connectivity index (χ4n) is 1.15. The molecule has 0 spiro atoms. The zero-order valence-electron chi connectivity index (χ0n) is 6.10. The van der Waals surface area contributed by atoms with Gasteiger partial charge in [0.25, 0.3) is 0 Å². The summed E-state index contributed by atoms with van der Waals surface area (Å²) in [6, 6.07) is 6.29. The highest BCUT2D eigenvalue weighted by atomic mass is 127. The SMILES string of the molecule is Cc1occ2ccc(I)cc12. The van der Waals surface area contributed by atoms with Crippen LogP contribution in [0.25, 0.3) is 10.8 Å². The van der Waals surface area contributed by atoms with Crippen molar-refractivity contribution in [3.05, 3.63) is 33.8 Å². The Hall–Kier alpha value is -0.510. The van der Waals surface area contributed by atoms with E-state index in [1.807, 2.05) is 6.92 Å². The summed E-state index contributed by atoms with van der Waals surface area (Å²) in [7, 11) is 0. The van der Waals surface area contributed by atoms with Crippen LogP contribution < -0.4 is 0 Å². The molecule has 0 atom stereocenters. The van der Waals surface area contributed by atoms with Crippen LogP contribution in [0.2, 0.25) is 0 Å². The number of hydrogen-bond donors (Lipinski definition) is 0. The molecular formula is C9H7IO. The highest BCUT2D eigenvalue weighted by Gasteiger charge is 2.00. The van der Waals surface area contributed by atoms with Gasteiger partial charge in [-0.2, -0.15) is 0 Å². The molecule has 0 N–H and O–H groups in total. The van der Waals surface area contributed by atoms with Crippen molar-refractivity contribution < 1.29 is 4.42 Å². The molecule has 2 rings (SSSR count). The molecule has 0 radical (unpaired) electrons. The first-order valence-electron chi connectivity index (χ1n) is 3.41. The molecule has 0 aliphatic rings. The van der Waals surface area contributed by atoms with Gasteiger partial charge in [-0.25, -0.2) is 0 Å². The lowest BCUT2D eigenvalue weighted by atomic mass is 10.2. The van der Waals surface area contributed by atoms with Crippen LogP contribution in [0.15, 0.2) is 28.9 Å². The van der Waals surface area contributed by atoms with E-state index >= 15 is 0 Å². The second-order valence-electron chi connectivity index (χ2n) is 2.52. The van der Waals surface area contributed by atoms with Crippen molar-refractivity contribution in [2.75, 3.05) is 0 Å². The van der Waals surface area contributed by atoms with Gasteiger partial charge in [-0.15, -0.1) is 0 Å². The average molecular weight is 258 g/mol. The zero-order valence-corrected chi connectivity index (χ0v) is 8.25. The van der Waals surface area contributed by atoms with E-state index in [0.29, 0.717) is 0 Å². The van der Waals surface area contributed by atoms with E-state index < -0.39 is 0 Å². The Labute approximate surface area is 78.5 Å². The van der Waals surface area contributed by atoms with Crippen molar-refractivity contribution in [2.45, 2.75) is 6.92 Å². The second kappa shape index (κ2) is 2.52. The van der Waals surface area contributed by atoms with Crippen LogP contribution >= 0.6 is 22.6 Å². The van der Waals surface area contributed by atoms with Gasteiger partial charge in [-0.3, -0.25) is 0 Å². The fraction of sp³-hybridized carbons (Fsp3) is 0.111. The summed E-state index contributed by atoms with van der Waals surface area (Å²) in [5, 5.41) is 2.40. The quantitative estimate of drug-likeness (QED) is 0.660. The van der Waals surface area contributed by atoms with Crippen LogP contribution in [0.5, 0.6) is 0 Å². The fourth-order valence-corrected chi connectivity index (χ4v) is 1.64. The summed E-state index contributed by atoms with van der Waals surface area (Å²) >= 11 is 2.30. The number of rotatable bonds is 0. The molecule has 1 aromatic heterocycles. The largest absolute Gasteiger partial charge is 0.468 e. The van der Waals surface area contributed by atoms with Gasteiger partial charge in [-0.05, 0) is 41.6 Å². The van der Waals surface area contributed by atoms with Crippen LogP contribution in [-0.4, -0.2) is 0 Å². The molecule has 0 amide bonds. The summed E-state index contributed by atoms with van der Waals surface area (Å²) < 4.78 is 6.52. The van der Waals surface area contributed by atoms with Crippen molar-refractivity contribution in [1.82, 2.24) is 0 Å². The van der Waals surface area contributed by atoms with E-state index in [1.165, 1.54) is 14.3 Å². The van der Waals surface area contributed by atoms with Gasteiger partial charge >= 0.3 is 0 Å². The van der Waals surface area contributed by atoms with Gasteiger partial charge in [0.2, 0.25) is 0 Å². The highest BCUT2D eigenvalue weighted by Crippen LogP contribution is 2.21. The molecule has 0 aliphatic heterocycles. The van der Waals surface area contributed by atoms with Crippen LogP contribution in [0.4, 0.5) is 0 Å².